The van der Waals surface area contributed by atoms with Crippen LogP contribution in [0.15, 0.2) is 18.2 Å². The zero-order chi connectivity index (χ0) is 14.1. The molecular weight excluding hydrogens is 262 g/mol. The smallest absolute Gasteiger partial charge is 0.184 e. The van der Waals surface area contributed by atoms with E-state index in [2.05, 4.69) is 21.0 Å². The van der Waals surface area contributed by atoms with Crippen LogP contribution in [0.4, 0.5) is 0 Å². The van der Waals surface area contributed by atoms with Crippen LogP contribution >= 0.6 is 0 Å². The summed E-state index contributed by atoms with van der Waals surface area (Å²) >= 11 is 0. The highest BCUT2D eigenvalue weighted by molar-refractivity contribution is 5.86. The molecule has 2 aromatic heterocycles. The minimum Gasteiger partial charge on any atom is -0.493 e. The van der Waals surface area contributed by atoms with E-state index in [4.69, 9.17) is 14.7 Å². The molecule has 0 saturated heterocycles. The van der Waals surface area contributed by atoms with Crippen LogP contribution in [0.5, 0.6) is 11.5 Å². The van der Waals surface area contributed by atoms with Gasteiger partial charge in [-0.2, -0.15) is 4.52 Å². The number of pyridine rings is 1. The van der Waals surface area contributed by atoms with Gasteiger partial charge in [0.2, 0.25) is 0 Å². The lowest BCUT2D eigenvalue weighted by Gasteiger charge is -2.11. The molecular formula is C12H13N5O3. The maximum atomic E-state index is 8.90. The number of rotatable bonds is 4. The van der Waals surface area contributed by atoms with E-state index in [0.29, 0.717) is 17.1 Å². The van der Waals surface area contributed by atoms with Crippen LogP contribution in [0, 0.1) is 0 Å². The van der Waals surface area contributed by atoms with E-state index in [-0.39, 0.29) is 6.54 Å². The summed E-state index contributed by atoms with van der Waals surface area (Å²) in [5, 5.41) is 21.4. The molecule has 0 saturated carbocycles. The van der Waals surface area contributed by atoms with Crippen LogP contribution in [-0.2, 0) is 6.54 Å². The number of hydrogen-bond donors (Lipinski definition) is 2. The van der Waals surface area contributed by atoms with E-state index in [1.165, 1.54) is 0 Å². The standard InChI is InChI=1S/C12H13N5O3/c1-19-10-4-7-3-8(6-13-18)12-14-15-16-17(12)9(7)5-11(10)20-2/h3-5,13,18H,6H2,1-2H3. The first kappa shape index (κ1) is 12.6. The number of aromatic nitrogens is 4. The Morgan fingerprint density at radius 3 is 2.65 bits per heavy atom. The molecule has 0 amide bonds. The minimum absolute atomic E-state index is 0.244. The molecule has 20 heavy (non-hydrogen) atoms. The van der Waals surface area contributed by atoms with Crippen molar-refractivity contribution >= 4 is 16.6 Å². The molecule has 0 atom stereocenters. The van der Waals surface area contributed by atoms with Crippen molar-refractivity contribution in [2.75, 3.05) is 14.2 Å². The van der Waals surface area contributed by atoms with Crippen molar-refractivity contribution in [3.8, 4) is 11.5 Å². The first-order chi connectivity index (χ1) is 9.78. The van der Waals surface area contributed by atoms with Gasteiger partial charge in [0.15, 0.2) is 17.1 Å². The Bertz CT molecular complexity index is 770. The molecule has 8 heteroatoms. The van der Waals surface area contributed by atoms with Crippen LogP contribution in [0.25, 0.3) is 16.6 Å². The second-order valence-corrected chi connectivity index (χ2v) is 4.18. The number of hydrogen-bond acceptors (Lipinski definition) is 7. The third-order valence-electron chi connectivity index (χ3n) is 3.12. The average Bonchev–Trinajstić information content (AvgIpc) is 2.96. The number of nitrogens with zero attached hydrogens (tertiary/aromatic N) is 4. The predicted octanol–water partition coefficient (Wildman–Crippen LogP) is 0.773. The third-order valence-corrected chi connectivity index (χ3v) is 3.12. The summed E-state index contributed by atoms with van der Waals surface area (Å²) < 4.78 is 12.2. The second kappa shape index (κ2) is 4.91. The van der Waals surface area contributed by atoms with E-state index in [1.54, 1.807) is 18.7 Å². The van der Waals surface area contributed by atoms with Crippen molar-refractivity contribution in [2.24, 2.45) is 0 Å². The van der Waals surface area contributed by atoms with Crippen molar-refractivity contribution in [1.29, 1.82) is 0 Å². The summed E-state index contributed by atoms with van der Waals surface area (Å²) in [5.41, 5.74) is 4.26. The Hall–Kier alpha value is -2.45. The van der Waals surface area contributed by atoms with E-state index in [1.807, 2.05) is 18.2 Å². The van der Waals surface area contributed by atoms with Gasteiger partial charge in [-0.05, 0) is 22.6 Å². The molecule has 0 aliphatic carbocycles. The number of hydroxylamine groups is 1. The van der Waals surface area contributed by atoms with Crippen LogP contribution in [0.3, 0.4) is 0 Å². The first-order valence-corrected chi connectivity index (χ1v) is 5.91. The largest absolute Gasteiger partial charge is 0.493 e. The predicted molar refractivity (Wildman–Crippen MR) is 70.0 cm³/mol. The zero-order valence-electron chi connectivity index (χ0n) is 11.0. The topological polar surface area (TPSA) is 93.8 Å². The van der Waals surface area contributed by atoms with Gasteiger partial charge in [-0.15, -0.1) is 5.10 Å². The number of benzene rings is 1. The van der Waals surface area contributed by atoms with Crippen LogP contribution in [-0.4, -0.2) is 39.5 Å². The van der Waals surface area contributed by atoms with Gasteiger partial charge in [0.05, 0.1) is 19.7 Å². The zero-order valence-corrected chi connectivity index (χ0v) is 11.0. The summed E-state index contributed by atoms with van der Waals surface area (Å²) in [6, 6.07) is 5.55. The van der Waals surface area contributed by atoms with E-state index < -0.39 is 0 Å². The first-order valence-electron chi connectivity index (χ1n) is 5.91. The lowest BCUT2D eigenvalue weighted by atomic mass is 10.1. The van der Waals surface area contributed by atoms with Crippen molar-refractivity contribution in [3.05, 3.63) is 23.8 Å². The molecule has 1 aromatic carbocycles. The molecule has 0 fully saturated rings. The summed E-state index contributed by atoms with van der Waals surface area (Å²) in [5.74, 6) is 1.22. The quantitative estimate of drug-likeness (QED) is 0.679. The lowest BCUT2D eigenvalue weighted by molar-refractivity contribution is 0.161. The fourth-order valence-corrected chi connectivity index (χ4v) is 2.20. The van der Waals surface area contributed by atoms with Gasteiger partial charge in [0, 0.05) is 23.6 Å². The monoisotopic (exact) mass is 275 g/mol. The maximum Gasteiger partial charge on any atom is 0.184 e. The summed E-state index contributed by atoms with van der Waals surface area (Å²) in [6.45, 7) is 0.244. The number of methoxy groups -OCH3 is 2. The van der Waals surface area contributed by atoms with Gasteiger partial charge in [0.1, 0.15) is 0 Å². The highest BCUT2D eigenvalue weighted by Gasteiger charge is 2.13. The van der Waals surface area contributed by atoms with Gasteiger partial charge < -0.3 is 14.7 Å². The molecule has 0 unspecified atom stereocenters. The normalized spacial score (nSPS) is 11.2. The highest BCUT2D eigenvalue weighted by Crippen LogP contribution is 2.32. The van der Waals surface area contributed by atoms with Crippen molar-refractivity contribution in [2.45, 2.75) is 6.54 Å². The molecule has 0 radical (unpaired) electrons. The summed E-state index contributed by atoms with van der Waals surface area (Å²) in [6.07, 6.45) is 0. The molecule has 8 nitrogen and oxygen atoms in total. The summed E-state index contributed by atoms with van der Waals surface area (Å²) in [4.78, 5) is 0. The van der Waals surface area contributed by atoms with Gasteiger partial charge in [0.25, 0.3) is 0 Å². The molecule has 0 aliphatic rings. The van der Waals surface area contributed by atoms with E-state index in [9.17, 15) is 0 Å². The summed E-state index contributed by atoms with van der Waals surface area (Å²) in [7, 11) is 3.15. The Morgan fingerprint density at radius 2 is 1.95 bits per heavy atom. The number of fused-ring (bicyclic) bond motifs is 3. The Morgan fingerprint density at radius 1 is 1.20 bits per heavy atom. The number of ether oxygens (including phenoxy) is 2. The molecule has 0 spiro atoms. The van der Waals surface area contributed by atoms with Gasteiger partial charge in [-0.1, -0.05) is 0 Å². The van der Waals surface area contributed by atoms with Crippen LogP contribution < -0.4 is 15.0 Å². The van der Waals surface area contributed by atoms with Gasteiger partial charge >= 0.3 is 0 Å². The number of nitrogens with one attached hydrogen (secondary N) is 1. The molecule has 0 bridgehead atoms. The molecule has 2 N–H and O–H groups in total. The molecule has 2 heterocycles. The van der Waals surface area contributed by atoms with Crippen molar-refractivity contribution in [3.63, 3.8) is 0 Å². The highest BCUT2D eigenvalue weighted by atomic mass is 16.5. The fraction of sp³-hybridized carbons (Fsp3) is 0.250. The van der Waals surface area contributed by atoms with E-state index in [0.717, 1.165) is 16.5 Å². The SMILES string of the molecule is COc1cc2cc(CNO)c3nnnn3c2cc1OC. The van der Waals surface area contributed by atoms with E-state index >= 15 is 0 Å². The van der Waals surface area contributed by atoms with Gasteiger partial charge in [-0.25, -0.2) is 5.48 Å². The minimum atomic E-state index is 0.244. The Balaban J connectivity index is 2.37. The Labute approximate surface area is 113 Å². The number of tetrazole rings is 1. The second-order valence-electron chi connectivity index (χ2n) is 4.18. The molecule has 3 rings (SSSR count). The van der Waals surface area contributed by atoms with Crippen LogP contribution in [0.2, 0.25) is 0 Å². The molecule has 3 aromatic rings. The lowest BCUT2D eigenvalue weighted by Crippen LogP contribution is -2.08. The fourth-order valence-electron chi connectivity index (χ4n) is 2.20. The molecule has 0 aliphatic heterocycles. The van der Waals surface area contributed by atoms with Crippen LogP contribution in [0.1, 0.15) is 5.56 Å². The van der Waals surface area contributed by atoms with Crippen molar-refractivity contribution < 1.29 is 14.7 Å². The molecule has 104 valence electrons. The third kappa shape index (κ3) is 1.82. The average molecular weight is 275 g/mol. The maximum absolute atomic E-state index is 8.90. The Kier molecular flexibility index (Phi) is 3.09. The van der Waals surface area contributed by atoms with Gasteiger partial charge in [-0.3, -0.25) is 0 Å². The van der Waals surface area contributed by atoms with Crippen molar-refractivity contribution in [1.82, 2.24) is 25.5 Å².